The zero-order chi connectivity index (χ0) is 18.9. The Kier molecular flexibility index (Phi) is 5.50. The Bertz CT molecular complexity index is 992. The molecule has 26 heavy (non-hydrogen) atoms. The number of fused-ring (bicyclic) bond motifs is 1. The van der Waals surface area contributed by atoms with Crippen LogP contribution in [0.1, 0.15) is 18.4 Å². The van der Waals surface area contributed by atoms with Gasteiger partial charge in [-0.25, -0.2) is 17.5 Å². The van der Waals surface area contributed by atoms with E-state index in [0.29, 0.717) is 42.5 Å². The molecule has 1 aliphatic heterocycles. The lowest BCUT2D eigenvalue weighted by Gasteiger charge is -2.28. The second-order valence-corrected chi connectivity index (χ2v) is 9.17. The molecule has 3 rings (SSSR count). The van der Waals surface area contributed by atoms with Crippen LogP contribution in [0.25, 0.3) is 11.0 Å². The smallest absolute Gasteiger partial charge is 0.336 e. The van der Waals surface area contributed by atoms with Crippen molar-refractivity contribution in [2.45, 2.75) is 19.4 Å². The molecule has 0 N–H and O–H groups in total. The fourth-order valence-electron chi connectivity index (χ4n) is 3.01. The van der Waals surface area contributed by atoms with Crippen LogP contribution >= 0.6 is 15.9 Å². The van der Waals surface area contributed by atoms with Crippen molar-refractivity contribution in [2.75, 3.05) is 19.3 Å². The van der Waals surface area contributed by atoms with Crippen molar-refractivity contribution in [1.29, 1.82) is 0 Å². The number of rotatable bonds is 4. The lowest BCUT2D eigenvalue weighted by Crippen LogP contribution is -2.40. The molecule has 0 spiro atoms. The van der Waals surface area contributed by atoms with Crippen LogP contribution in [0.2, 0.25) is 0 Å². The molecular formula is C17H18BrNO6S. The first kappa shape index (κ1) is 19.1. The lowest BCUT2D eigenvalue weighted by molar-refractivity contribution is -0.151. The molecule has 0 unspecified atom stereocenters. The van der Waals surface area contributed by atoms with Crippen LogP contribution in [0.5, 0.6) is 0 Å². The number of benzene rings is 1. The predicted octanol–water partition coefficient (Wildman–Crippen LogP) is 2.27. The highest BCUT2D eigenvalue weighted by Crippen LogP contribution is 2.24. The molecule has 7 nitrogen and oxygen atoms in total. The van der Waals surface area contributed by atoms with Crippen LogP contribution in [0.15, 0.2) is 37.9 Å². The van der Waals surface area contributed by atoms with E-state index in [2.05, 4.69) is 15.9 Å². The van der Waals surface area contributed by atoms with Gasteiger partial charge in [0.25, 0.3) is 0 Å². The van der Waals surface area contributed by atoms with E-state index in [0.717, 1.165) is 10.7 Å². The van der Waals surface area contributed by atoms with Crippen molar-refractivity contribution in [3.05, 3.63) is 44.7 Å². The second-order valence-electron chi connectivity index (χ2n) is 6.28. The minimum absolute atomic E-state index is 0.0329. The van der Waals surface area contributed by atoms with E-state index >= 15 is 0 Å². The number of carbonyl (C=O) groups is 1. The molecule has 2 heterocycles. The zero-order valence-electron chi connectivity index (χ0n) is 14.1. The van der Waals surface area contributed by atoms with Crippen molar-refractivity contribution in [2.24, 2.45) is 5.92 Å². The number of piperidine rings is 1. The average molecular weight is 444 g/mol. The van der Waals surface area contributed by atoms with E-state index in [4.69, 9.17) is 9.15 Å². The summed E-state index contributed by atoms with van der Waals surface area (Å²) in [4.78, 5) is 24.0. The molecule has 1 aromatic carbocycles. The Hall–Kier alpha value is -1.71. The summed E-state index contributed by atoms with van der Waals surface area (Å²) < 4.78 is 35.7. The number of hydrogen-bond acceptors (Lipinski definition) is 6. The maximum Gasteiger partial charge on any atom is 0.336 e. The SMILES string of the molecule is CS(=O)(=O)N1CCC(C(=O)OCc2cc(=O)oc3cc(Br)ccc23)CC1. The molecule has 0 atom stereocenters. The molecule has 1 saturated heterocycles. The lowest BCUT2D eigenvalue weighted by atomic mass is 9.98. The van der Waals surface area contributed by atoms with Gasteiger partial charge in [-0.15, -0.1) is 0 Å². The van der Waals surface area contributed by atoms with Crippen molar-refractivity contribution < 1.29 is 22.4 Å². The van der Waals surface area contributed by atoms with E-state index in [-0.39, 0.29) is 18.5 Å². The van der Waals surface area contributed by atoms with Gasteiger partial charge in [-0.1, -0.05) is 15.9 Å². The summed E-state index contributed by atoms with van der Waals surface area (Å²) in [5.74, 6) is -0.717. The Morgan fingerprint density at radius 2 is 2.00 bits per heavy atom. The molecule has 9 heteroatoms. The molecule has 0 saturated carbocycles. The molecule has 0 radical (unpaired) electrons. The van der Waals surface area contributed by atoms with Gasteiger partial charge < -0.3 is 9.15 Å². The Morgan fingerprint density at radius 3 is 2.65 bits per heavy atom. The summed E-state index contributed by atoms with van der Waals surface area (Å²) in [6.45, 7) is 0.587. The summed E-state index contributed by atoms with van der Waals surface area (Å²) in [5, 5.41) is 0.701. The molecule has 0 aliphatic carbocycles. The average Bonchev–Trinajstić information content (AvgIpc) is 2.58. The fraction of sp³-hybridized carbons (Fsp3) is 0.412. The number of ether oxygens (including phenoxy) is 1. The first-order chi connectivity index (χ1) is 12.2. The van der Waals surface area contributed by atoms with Gasteiger partial charge in [0.2, 0.25) is 10.0 Å². The highest BCUT2D eigenvalue weighted by atomic mass is 79.9. The molecule has 140 valence electrons. The summed E-state index contributed by atoms with van der Waals surface area (Å²) in [6, 6.07) is 6.60. The standard InChI is InChI=1S/C17H18BrNO6S/c1-26(22,23)19-6-4-11(5-7-19)17(21)24-10-12-8-16(20)25-15-9-13(18)2-3-14(12)15/h2-3,8-9,11H,4-7,10H2,1H3. The van der Waals surface area contributed by atoms with E-state index < -0.39 is 15.6 Å². The Morgan fingerprint density at radius 1 is 1.31 bits per heavy atom. The number of nitrogens with zero attached hydrogens (tertiary/aromatic N) is 1. The molecular weight excluding hydrogens is 426 g/mol. The van der Waals surface area contributed by atoms with Crippen molar-refractivity contribution in [3.8, 4) is 0 Å². The van der Waals surface area contributed by atoms with Gasteiger partial charge in [0.15, 0.2) is 0 Å². The molecule has 1 aliphatic rings. The maximum atomic E-state index is 12.3. The van der Waals surface area contributed by atoms with Crippen LogP contribution in [0, 0.1) is 5.92 Å². The fourth-order valence-corrected chi connectivity index (χ4v) is 4.23. The third kappa shape index (κ3) is 4.33. The third-order valence-corrected chi connectivity index (χ3v) is 6.21. The van der Waals surface area contributed by atoms with Gasteiger partial charge >= 0.3 is 11.6 Å². The summed E-state index contributed by atoms with van der Waals surface area (Å²) >= 11 is 3.32. The molecule has 0 amide bonds. The number of halogens is 1. The van der Waals surface area contributed by atoms with Crippen molar-refractivity contribution in [1.82, 2.24) is 4.31 Å². The topological polar surface area (TPSA) is 93.9 Å². The highest BCUT2D eigenvalue weighted by molar-refractivity contribution is 9.10. The quantitative estimate of drug-likeness (QED) is 0.531. The predicted molar refractivity (Wildman–Crippen MR) is 99.1 cm³/mol. The van der Waals surface area contributed by atoms with Crippen molar-refractivity contribution >= 4 is 42.9 Å². The number of hydrogen-bond donors (Lipinski definition) is 0. The molecule has 2 aromatic rings. The van der Waals surface area contributed by atoms with Gasteiger partial charge in [0.1, 0.15) is 12.2 Å². The number of carbonyl (C=O) groups excluding carboxylic acids is 1. The highest BCUT2D eigenvalue weighted by Gasteiger charge is 2.29. The first-order valence-corrected chi connectivity index (χ1v) is 10.7. The maximum absolute atomic E-state index is 12.3. The van der Waals surface area contributed by atoms with Crippen LogP contribution in [0.3, 0.4) is 0 Å². The Balaban J connectivity index is 1.67. The molecule has 1 fully saturated rings. The number of esters is 1. The molecule has 1 aromatic heterocycles. The number of sulfonamides is 1. The van der Waals surface area contributed by atoms with Gasteiger partial charge in [-0.3, -0.25) is 4.79 Å². The summed E-state index contributed by atoms with van der Waals surface area (Å²) in [6.07, 6.45) is 2.02. The van der Waals surface area contributed by atoms with Crippen LogP contribution in [0.4, 0.5) is 0 Å². The summed E-state index contributed by atoms with van der Waals surface area (Å²) in [7, 11) is -3.23. The minimum Gasteiger partial charge on any atom is -0.461 e. The monoisotopic (exact) mass is 443 g/mol. The van der Waals surface area contributed by atoms with Crippen LogP contribution < -0.4 is 5.63 Å². The van der Waals surface area contributed by atoms with E-state index in [1.807, 2.05) is 6.07 Å². The van der Waals surface area contributed by atoms with Crippen molar-refractivity contribution in [3.63, 3.8) is 0 Å². The molecule has 0 bridgehead atoms. The summed E-state index contributed by atoms with van der Waals surface area (Å²) in [5.41, 5.74) is 0.480. The normalized spacial score (nSPS) is 16.7. The first-order valence-electron chi connectivity index (χ1n) is 8.08. The van der Waals surface area contributed by atoms with Gasteiger partial charge in [-0.2, -0.15) is 0 Å². The Labute approximate surface area is 159 Å². The van der Waals surface area contributed by atoms with E-state index in [1.54, 1.807) is 12.1 Å². The van der Waals surface area contributed by atoms with E-state index in [9.17, 15) is 18.0 Å². The van der Waals surface area contributed by atoms with Gasteiger partial charge in [0, 0.05) is 34.6 Å². The van der Waals surface area contributed by atoms with E-state index in [1.165, 1.54) is 10.4 Å². The van der Waals surface area contributed by atoms with Gasteiger partial charge in [-0.05, 0) is 31.0 Å². The zero-order valence-corrected chi connectivity index (χ0v) is 16.5. The second kappa shape index (κ2) is 7.50. The third-order valence-electron chi connectivity index (χ3n) is 4.42. The van der Waals surface area contributed by atoms with Gasteiger partial charge in [0.05, 0.1) is 12.2 Å². The van der Waals surface area contributed by atoms with Crippen LogP contribution in [-0.2, 0) is 26.2 Å². The van der Waals surface area contributed by atoms with Crippen LogP contribution in [-0.4, -0.2) is 38.0 Å². The minimum atomic E-state index is -3.23. The largest absolute Gasteiger partial charge is 0.461 e.